The van der Waals surface area contributed by atoms with Gasteiger partial charge in [0.05, 0.1) is 17.2 Å². The van der Waals surface area contributed by atoms with Gasteiger partial charge in [-0.25, -0.2) is 0 Å². The Morgan fingerprint density at radius 2 is 2.15 bits per heavy atom. The summed E-state index contributed by atoms with van der Waals surface area (Å²) < 4.78 is 5.70. The predicted octanol–water partition coefficient (Wildman–Crippen LogP) is 2.98. The number of non-ortho nitro benzene ring substituents is 1. The van der Waals surface area contributed by atoms with E-state index in [1.54, 1.807) is 13.0 Å². The number of halogens is 1. The van der Waals surface area contributed by atoms with Gasteiger partial charge in [0.25, 0.3) is 5.69 Å². The fraction of sp³-hybridized carbons (Fsp3) is 0.462. The van der Waals surface area contributed by atoms with E-state index in [1.165, 1.54) is 12.1 Å². The highest BCUT2D eigenvalue weighted by Crippen LogP contribution is 2.27. The molecule has 0 unspecified atom stereocenters. The predicted molar refractivity (Wildman–Crippen MR) is 85.0 cm³/mol. The Balaban J connectivity index is 2.96. The van der Waals surface area contributed by atoms with Gasteiger partial charge in [0.1, 0.15) is 6.54 Å². The standard InChI is InChI=1S/C13H17IN2O4/c1-3-7-15(9-13(17)20-4-2)12-6-5-10(16(18)19)8-11(12)14/h5-6,8H,3-4,7,9H2,1-2H3. The van der Waals surface area contributed by atoms with Crippen molar-refractivity contribution in [2.24, 2.45) is 0 Å². The molecule has 0 bridgehead atoms. The van der Waals surface area contributed by atoms with Gasteiger partial charge in [-0.1, -0.05) is 6.92 Å². The first-order chi connectivity index (χ1) is 9.49. The molecule has 1 aromatic rings. The van der Waals surface area contributed by atoms with Crippen molar-refractivity contribution < 1.29 is 14.5 Å². The Bertz CT molecular complexity index is 493. The fourth-order valence-corrected chi connectivity index (χ4v) is 2.62. The SMILES string of the molecule is CCCN(CC(=O)OCC)c1ccc([N+](=O)[O-])cc1I. The summed E-state index contributed by atoms with van der Waals surface area (Å²) >= 11 is 2.04. The van der Waals surface area contributed by atoms with Crippen LogP contribution in [-0.2, 0) is 9.53 Å². The molecule has 0 saturated heterocycles. The quantitative estimate of drug-likeness (QED) is 0.309. The van der Waals surface area contributed by atoms with Gasteiger partial charge in [-0.15, -0.1) is 0 Å². The van der Waals surface area contributed by atoms with E-state index in [2.05, 4.69) is 0 Å². The molecule has 0 saturated carbocycles. The summed E-state index contributed by atoms with van der Waals surface area (Å²) in [6, 6.07) is 4.63. The molecule has 1 rings (SSSR count). The number of nitro benzene ring substituents is 1. The maximum Gasteiger partial charge on any atom is 0.325 e. The van der Waals surface area contributed by atoms with Gasteiger partial charge in [0.15, 0.2) is 0 Å². The second-order valence-electron chi connectivity index (χ2n) is 4.12. The van der Waals surface area contributed by atoms with Crippen LogP contribution in [0.4, 0.5) is 11.4 Å². The van der Waals surface area contributed by atoms with E-state index in [0.717, 1.165) is 15.7 Å². The molecule has 0 spiro atoms. The van der Waals surface area contributed by atoms with E-state index in [-0.39, 0.29) is 18.2 Å². The number of carbonyl (C=O) groups is 1. The molecule has 0 atom stereocenters. The van der Waals surface area contributed by atoms with Crippen LogP contribution in [0.1, 0.15) is 20.3 Å². The summed E-state index contributed by atoms with van der Waals surface area (Å²) in [5.74, 6) is -0.296. The minimum absolute atomic E-state index is 0.0470. The van der Waals surface area contributed by atoms with Crippen molar-refractivity contribution in [3.63, 3.8) is 0 Å². The molecule has 20 heavy (non-hydrogen) atoms. The van der Waals surface area contributed by atoms with Crippen LogP contribution < -0.4 is 4.90 Å². The zero-order valence-electron chi connectivity index (χ0n) is 11.5. The van der Waals surface area contributed by atoms with Crippen LogP contribution in [0.2, 0.25) is 0 Å². The van der Waals surface area contributed by atoms with E-state index < -0.39 is 4.92 Å². The second-order valence-corrected chi connectivity index (χ2v) is 5.28. The summed E-state index contributed by atoms with van der Waals surface area (Å²) in [5.41, 5.74) is 0.858. The molecule has 0 amide bonds. The largest absolute Gasteiger partial charge is 0.465 e. The second kappa shape index (κ2) is 8.03. The minimum atomic E-state index is -0.429. The molecule has 0 aliphatic carbocycles. The zero-order valence-corrected chi connectivity index (χ0v) is 13.6. The average Bonchev–Trinajstić information content (AvgIpc) is 2.38. The van der Waals surface area contributed by atoms with Gasteiger partial charge in [-0.05, 0) is 42.0 Å². The zero-order chi connectivity index (χ0) is 15.1. The molecule has 1 aromatic carbocycles. The molecule has 0 fully saturated rings. The smallest absolute Gasteiger partial charge is 0.325 e. The highest BCUT2D eigenvalue weighted by atomic mass is 127. The molecular formula is C13H17IN2O4. The number of hydrogen-bond acceptors (Lipinski definition) is 5. The molecular weight excluding hydrogens is 375 g/mol. The number of anilines is 1. The van der Waals surface area contributed by atoms with E-state index >= 15 is 0 Å². The van der Waals surface area contributed by atoms with Gasteiger partial charge in [-0.3, -0.25) is 14.9 Å². The molecule has 7 heteroatoms. The summed E-state index contributed by atoms with van der Waals surface area (Å²) in [5, 5.41) is 10.7. The van der Waals surface area contributed by atoms with E-state index in [9.17, 15) is 14.9 Å². The maximum atomic E-state index is 11.6. The van der Waals surface area contributed by atoms with Crippen LogP contribution in [-0.4, -0.2) is 30.6 Å². The molecule has 0 heterocycles. The van der Waals surface area contributed by atoms with Crippen molar-refractivity contribution in [1.29, 1.82) is 0 Å². The molecule has 6 nitrogen and oxygen atoms in total. The highest BCUT2D eigenvalue weighted by molar-refractivity contribution is 14.1. The van der Waals surface area contributed by atoms with Crippen LogP contribution in [0.25, 0.3) is 0 Å². The number of nitrogens with zero attached hydrogens (tertiary/aromatic N) is 2. The number of benzene rings is 1. The van der Waals surface area contributed by atoms with Gasteiger partial charge in [0, 0.05) is 22.2 Å². The van der Waals surface area contributed by atoms with Gasteiger partial charge in [-0.2, -0.15) is 0 Å². The first kappa shape index (κ1) is 16.7. The van der Waals surface area contributed by atoms with Crippen molar-refractivity contribution in [2.75, 3.05) is 24.6 Å². The fourth-order valence-electron chi connectivity index (χ4n) is 1.78. The molecule has 0 radical (unpaired) electrons. The first-order valence-corrected chi connectivity index (χ1v) is 7.42. The van der Waals surface area contributed by atoms with E-state index in [4.69, 9.17) is 4.74 Å². The normalized spacial score (nSPS) is 10.2. The van der Waals surface area contributed by atoms with E-state index in [1.807, 2.05) is 34.4 Å². The van der Waals surface area contributed by atoms with Gasteiger partial charge >= 0.3 is 5.97 Å². The lowest BCUT2D eigenvalue weighted by molar-refractivity contribution is -0.384. The lowest BCUT2D eigenvalue weighted by Crippen LogP contribution is -2.32. The number of nitro groups is 1. The van der Waals surface area contributed by atoms with Crippen LogP contribution in [0.5, 0.6) is 0 Å². The molecule has 0 aliphatic heterocycles. The molecule has 0 aromatic heterocycles. The number of carbonyl (C=O) groups excluding carboxylic acids is 1. The third-order valence-electron chi connectivity index (χ3n) is 2.60. The minimum Gasteiger partial charge on any atom is -0.465 e. The van der Waals surface area contributed by atoms with Gasteiger partial charge in [0.2, 0.25) is 0 Å². The van der Waals surface area contributed by atoms with Crippen LogP contribution in [0, 0.1) is 13.7 Å². The number of ether oxygens (including phenoxy) is 1. The number of hydrogen-bond donors (Lipinski definition) is 0. The van der Waals surface area contributed by atoms with Crippen molar-refractivity contribution in [3.05, 3.63) is 31.9 Å². The number of esters is 1. The summed E-state index contributed by atoms with van der Waals surface area (Å²) in [6.45, 7) is 4.95. The number of rotatable bonds is 7. The monoisotopic (exact) mass is 392 g/mol. The Morgan fingerprint density at radius 3 is 2.65 bits per heavy atom. The Hall–Kier alpha value is -1.38. The summed E-state index contributed by atoms with van der Waals surface area (Å²) in [4.78, 5) is 23.8. The molecule has 110 valence electrons. The molecule has 0 aliphatic rings. The Labute approximate surface area is 131 Å². The third kappa shape index (κ3) is 4.62. The van der Waals surface area contributed by atoms with Gasteiger partial charge < -0.3 is 9.64 Å². The Kier molecular flexibility index (Phi) is 6.69. The molecule has 0 N–H and O–H groups in total. The lowest BCUT2D eigenvalue weighted by atomic mass is 10.2. The average molecular weight is 392 g/mol. The van der Waals surface area contributed by atoms with E-state index in [0.29, 0.717) is 13.2 Å². The summed E-state index contributed by atoms with van der Waals surface area (Å²) in [6.07, 6.45) is 0.868. The van der Waals surface area contributed by atoms with Crippen molar-refractivity contribution in [1.82, 2.24) is 0 Å². The summed E-state index contributed by atoms with van der Waals surface area (Å²) in [7, 11) is 0. The van der Waals surface area contributed by atoms with Crippen molar-refractivity contribution in [2.45, 2.75) is 20.3 Å². The van der Waals surface area contributed by atoms with Crippen LogP contribution in [0.15, 0.2) is 18.2 Å². The van der Waals surface area contributed by atoms with Crippen LogP contribution >= 0.6 is 22.6 Å². The van der Waals surface area contributed by atoms with Crippen LogP contribution in [0.3, 0.4) is 0 Å². The topological polar surface area (TPSA) is 72.7 Å². The highest BCUT2D eigenvalue weighted by Gasteiger charge is 2.16. The van der Waals surface area contributed by atoms with Crippen molar-refractivity contribution in [3.8, 4) is 0 Å². The first-order valence-electron chi connectivity index (χ1n) is 6.34. The lowest BCUT2D eigenvalue weighted by Gasteiger charge is -2.24. The van der Waals surface area contributed by atoms with Crippen molar-refractivity contribution >= 4 is 39.9 Å². The third-order valence-corrected chi connectivity index (χ3v) is 3.47. The maximum absolute atomic E-state index is 11.6. The Morgan fingerprint density at radius 1 is 1.45 bits per heavy atom.